The molecule has 8 nitrogen and oxygen atoms in total. The number of hydrogen-bond donors (Lipinski definition) is 1. The highest BCUT2D eigenvalue weighted by Crippen LogP contribution is 2.28. The van der Waals surface area contributed by atoms with Gasteiger partial charge in [-0.3, -0.25) is 9.59 Å². The molecule has 2 aromatic heterocycles. The number of H-pyrrole nitrogens is 1. The van der Waals surface area contributed by atoms with Gasteiger partial charge in [-0.1, -0.05) is 52.2 Å². The molecule has 0 saturated carbocycles. The molecule has 1 N–H and O–H groups in total. The van der Waals surface area contributed by atoms with Gasteiger partial charge in [-0.25, -0.2) is 9.67 Å². The minimum atomic E-state index is -0.338. The summed E-state index contributed by atoms with van der Waals surface area (Å²) in [5.74, 6) is 0.620. The molecule has 0 spiro atoms. The van der Waals surface area contributed by atoms with Crippen LogP contribution in [0.15, 0.2) is 47.3 Å². The van der Waals surface area contributed by atoms with Gasteiger partial charge in [0.2, 0.25) is 0 Å². The third-order valence-electron chi connectivity index (χ3n) is 6.23. The maximum Gasteiger partial charge on any atom is 0.281 e. The summed E-state index contributed by atoms with van der Waals surface area (Å²) in [6, 6.07) is 12.9. The third-order valence-corrected chi connectivity index (χ3v) is 6.94. The zero-order chi connectivity index (χ0) is 23.8. The number of benzene rings is 2. The van der Waals surface area contributed by atoms with Gasteiger partial charge in [0.1, 0.15) is 5.82 Å². The summed E-state index contributed by atoms with van der Waals surface area (Å²) < 4.78 is 1.54. The molecule has 0 bridgehead atoms. The van der Waals surface area contributed by atoms with E-state index in [0.717, 1.165) is 5.56 Å². The van der Waals surface area contributed by atoms with E-state index in [4.69, 9.17) is 28.2 Å². The number of aromatic amines is 1. The standard InChI is InChI=1S/C24H22Cl2N6O2/c1-14-5-7-16(8-6-14)24(34)31-11-9-15(10-12-31)21-27-22-20(23(33)28-21)29-30-32(22)13-17-18(25)3-2-4-19(17)26/h2-8,15H,9-13H2,1H3,(H,27,28,33). The van der Waals surface area contributed by atoms with Gasteiger partial charge in [-0.2, -0.15) is 0 Å². The molecule has 0 aliphatic carbocycles. The molecular weight excluding hydrogens is 475 g/mol. The Hall–Kier alpha value is -3.23. The quantitative estimate of drug-likeness (QED) is 0.456. The smallest absolute Gasteiger partial charge is 0.281 e. The first-order chi connectivity index (χ1) is 16.4. The Balaban J connectivity index is 1.36. The lowest BCUT2D eigenvalue weighted by Gasteiger charge is -2.31. The van der Waals surface area contributed by atoms with Crippen molar-refractivity contribution in [3.63, 3.8) is 0 Å². The van der Waals surface area contributed by atoms with Crippen LogP contribution in [0, 0.1) is 6.92 Å². The Morgan fingerprint density at radius 2 is 1.76 bits per heavy atom. The summed E-state index contributed by atoms with van der Waals surface area (Å²) in [7, 11) is 0. The van der Waals surface area contributed by atoms with Gasteiger partial charge in [0, 0.05) is 40.2 Å². The van der Waals surface area contributed by atoms with E-state index in [1.165, 1.54) is 4.68 Å². The molecule has 0 unspecified atom stereocenters. The van der Waals surface area contributed by atoms with Gasteiger partial charge in [0.15, 0.2) is 11.2 Å². The number of aromatic nitrogens is 5. The fourth-order valence-corrected chi connectivity index (χ4v) is 4.77. The van der Waals surface area contributed by atoms with Gasteiger partial charge in [-0.05, 0) is 44.0 Å². The van der Waals surface area contributed by atoms with Crippen molar-refractivity contribution < 1.29 is 4.79 Å². The summed E-state index contributed by atoms with van der Waals surface area (Å²) in [5, 5.41) is 9.12. The van der Waals surface area contributed by atoms with Crippen LogP contribution in [0.3, 0.4) is 0 Å². The predicted octanol–water partition coefficient (Wildman–Crippen LogP) is 4.20. The molecular formula is C24H22Cl2N6O2. The lowest BCUT2D eigenvalue weighted by atomic mass is 9.95. The average Bonchev–Trinajstić information content (AvgIpc) is 3.25. The van der Waals surface area contributed by atoms with Crippen LogP contribution in [0.25, 0.3) is 11.2 Å². The Kier molecular flexibility index (Phi) is 6.10. The first kappa shape index (κ1) is 22.6. The van der Waals surface area contributed by atoms with Gasteiger partial charge in [-0.15, -0.1) is 5.10 Å². The first-order valence-electron chi connectivity index (χ1n) is 11.0. The monoisotopic (exact) mass is 496 g/mol. The number of likely N-dealkylation sites (tertiary alicyclic amines) is 1. The minimum Gasteiger partial charge on any atom is -0.339 e. The van der Waals surface area contributed by atoms with Gasteiger partial charge < -0.3 is 9.88 Å². The maximum atomic E-state index is 12.8. The largest absolute Gasteiger partial charge is 0.339 e. The molecule has 3 heterocycles. The van der Waals surface area contributed by atoms with Crippen molar-refractivity contribution in [2.75, 3.05) is 13.1 Å². The van der Waals surface area contributed by atoms with Gasteiger partial charge >= 0.3 is 0 Å². The van der Waals surface area contributed by atoms with Crippen LogP contribution in [0.4, 0.5) is 0 Å². The second-order valence-corrected chi connectivity index (χ2v) is 9.32. The molecule has 174 valence electrons. The van der Waals surface area contributed by atoms with E-state index >= 15 is 0 Å². The molecule has 0 atom stereocenters. The van der Waals surface area contributed by atoms with Crippen molar-refractivity contribution in [2.45, 2.75) is 32.2 Å². The Morgan fingerprint density at radius 3 is 2.44 bits per heavy atom. The molecule has 10 heteroatoms. The highest BCUT2D eigenvalue weighted by Gasteiger charge is 2.27. The fourth-order valence-electron chi connectivity index (χ4n) is 4.25. The predicted molar refractivity (Wildman–Crippen MR) is 131 cm³/mol. The Morgan fingerprint density at radius 1 is 1.09 bits per heavy atom. The number of fused-ring (bicyclic) bond motifs is 1. The van der Waals surface area contributed by atoms with E-state index in [9.17, 15) is 9.59 Å². The molecule has 4 aromatic rings. The fraction of sp³-hybridized carbons (Fsp3) is 0.292. The first-order valence-corrected chi connectivity index (χ1v) is 11.8. The number of nitrogens with one attached hydrogen (secondary N) is 1. The van der Waals surface area contributed by atoms with E-state index in [-0.39, 0.29) is 29.4 Å². The zero-order valence-corrected chi connectivity index (χ0v) is 20.0. The van der Waals surface area contributed by atoms with Crippen LogP contribution in [-0.4, -0.2) is 48.9 Å². The number of rotatable bonds is 4. The second-order valence-electron chi connectivity index (χ2n) is 8.50. The van der Waals surface area contributed by atoms with Crippen LogP contribution in [0.5, 0.6) is 0 Å². The number of amides is 1. The highest BCUT2D eigenvalue weighted by molar-refractivity contribution is 6.36. The summed E-state index contributed by atoms with van der Waals surface area (Å²) in [5.41, 5.74) is 2.70. The average molecular weight is 497 g/mol. The number of carbonyl (C=O) groups excluding carboxylic acids is 1. The number of piperidine rings is 1. The highest BCUT2D eigenvalue weighted by atomic mass is 35.5. The lowest BCUT2D eigenvalue weighted by molar-refractivity contribution is 0.0711. The van der Waals surface area contributed by atoms with Gasteiger partial charge in [0.25, 0.3) is 11.5 Å². The normalized spacial score (nSPS) is 14.6. The molecule has 2 aromatic carbocycles. The van der Waals surface area contributed by atoms with Crippen molar-refractivity contribution in [1.82, 2.24) is 29.9 Å². The number of carbonyl (C=O) groups is 1. The van der Waals surface area contributed by atoms with E-state index in [0.29, 0.717) is 58.6 Å². The van der Waals surface area contributed by atoms with E-state index in [2.05, 4.69) is 15.3 Å². The summed E-state index contributed by atoms with van der Waals surface area (Å²) in [6.07, 6.45) is 1.40. The Labute approximate surface area is 205 Å². The molecule has 34 heavy (non-hydrogen) atoms. The second kappa shape index (κ2) is 9.19. The van der Waals surface area contributed by atoms with Crippen LogP contribution in [0.1, 0.15) is 46.1 Å². The van der Waals surface area contributed by atoms with Crippen molar-refractivity contribution in [2.24, 2.45) is 0 Å². The van der Waals surface area contributed by atoms with Crippen molar-refractivity contribution in [3.05, 3.63) is 85.4 Å². The van der Waals surface area contributed by atoms with Crippen molar-refractivity contribution in [1.29, 1.82) is 0 Å². The van der Waals surface area contributed by atoms with Crippen molar-refractivity contribution >= 4 is 40.3 Å². The number of aryl methyl sites for hydroxylation is 1. The minimum absolute atomic E-state index is 0.0198. The van der Waals surface area contributed by atoms with Crippen LogP contribution in [-0.2, 0) is 6.54 Å². The molecule has 1 aliphatic rings. The van der Waals surface area contributed by atoms with E-state index in [1.807, 2.05) is 36.1 Å². The Bertz CT molecular complexity index is 1400. The summed E-state index contributed by atoms with van der Waals surface area (Å²) >= 11 is 12.6. The molecule has 0 radical (unpaired) electrons. The molecule has 1 amide bonds. The number of nitrogens with zero attached hydrogens (tertiary/aromatic N) is 5. The van der Waals surface area contributed by atoms with Crippen molar-refractivity contribution in [3.8, 4) is 0 Å². The summed E-state index contributed by atoms with van der Waals surface area (Å²) in [6.45, 7) is 3.42. The summed E-state index contributed by atoms with van der Waals surface area (Å²) in [4.78, 5) is 35.0. The third kappa shape index (κ3) is 4.31. The molecule has 1 aliphatic heterocycles. The van der Waals surface area contributed by atoms with Crippen LogP contribution in [0.2, 0.25) is 10.0 Å². The number of halogens is 2. The lowest BCUT2D eigenvalue weighted by Crippen LogP contribution is -2.38. The maximum absolute atomic E-state index is 12.8. The van der Waals surface area contributed by atoms with Gasteiger partial charge in [0.05, 0.1) is 6.54 Å². The molecule has 1 fully saturated rings. The number of hydrogen-bond acceptors (Lipinski definition) is 5. The SMILES string of the molecule is Cc1ccc(C(=O)N2CCC(c3nc4c(nnn4Cc4c(Cl)cccc4Cl)c(=O)[nH]3)CC2)cc1. The van der Waals surface area contributed by atoms with E-state index < -0.39 is 0 Å². The molecule has 1 saturated heterocycles. The van der Waals surface area contributed by atoms with Crippen LogP contribution >= 0.6 is 23.2 Å². The molecule has 5 rings (SSSR count). The topological polar surface area (TPSA) is 96.8 Å². The zero-order valence-electron chi connectivity index (χ0n) is 18.5. The van der Waals surface area contributed by atoms with E-state index in [1.54, 1.807) is 18.2 Å². The van der Waals surface area contributed by atoms with Crippen LogP contribution < -0.4 is 5.56 Å².